The first-order chi connectivity index (χ1) is 7.86. The molecule has 1 nitrogen and oxygen atoms in total. The van der Waals surface area contributed by atoms with Crippen LogP contribution in [0.25, 0.3) is 0 Å². The van der Waals surface area contributed by atoms with Gasteiger partial charge in [-0.05, 0) is 24.1 Å². The average molecular weight is 240 g/mol. The summed E-state index contributed by atoms with van der Waals surface area (Å²) in [5.74, 6) is -0.362. The molecule has 0 unspecified atom stereocenters. The Bertz CT molecular complexity index is 441. The molecular weight excluding hydrogens is 229 g/mol. The van der Waals surface area contributed by atoms with Crippen molar-refractivity contribution in [1.29, 1.82) is 0 Å². The maximum atomic E-state index is 12.3. The normalized spacial score (nSPS) is 11.0. The van der Waals surface area contributed by atoms with Crippen LogP contribution in [0.1, 0.15) is 22.3 Å². The van der Waals surface area contributed by atoms with E-state index >= 15 is 0 Å². The van der Waals surface area contributed by atoms with Gasteiger partial charge in [-0.15, -0.1) is 6.58 Å². The van der Waals surface area contributed by atoms with E-state index in [-0.39, 0.29) is 11.3 Å². The van der Waals surface area contributed by atoms with Crippen molar-refractivity contribution in [2.75, 3.05) is 0 Å². The number of halogens is 3. The van der Waals surface area contributed by atoms with Gasteiger partial charge in [0.15, 0.2) is 5.78 Å². The maximum absolute atomic E-state index is 12.3. The van der Waals surface area contributed by atoms with Crippen LogP contribution in [0.3, 0.4) is 0 Å². The predicted molar refractivity (Wildman–Crippen MR) is 59.7 cm³/mol. The summed E-state index contributed by atoms with van der Waals surface area (Å²) in [7, 11) is 0. The first-order valence-corrected chi connectivity index (χ1v) is 4.87. The van der Waals surface area contributed by atoms with E-state index in [1.807, 2.05) is 0 Å². The number of ketones is 1. The van der Waals surface area contributed by atoms with Gasteiger partial charge in [0.25, 0.3) is 0 Å². The molecule has 0 aliphatic heterocycles. The zero-order valence-corrected chi connectivity index (χ0v) is 9.05. The number of rotatable bonds is 4. The van der Waals surface area contributed by atoms with Crippen LogP contribution in [0.5, 0.6) is 0 Å². The second kappa shape index (κ2) is 4.99. The summed E-state index contributed by atoms with van der Waals surface area (Å²) in [6.45, 7) is 7.01. The van der Waals surface area contributed by atoms with E-state index in [2.05, 4.69) is 13.2 Å². The lowest BCUT2D eigenvalue weighted by atomic mass is 10.0. The Morgan fingerprint density at radius 3 is 2.18 bits per heavy atom. The van der Waals surface area contributed by atoms with Crippen molar-refractivity contribution < 1.29 is 18.0 Å². The molecule has 0 amide bonds. The first-order valence-electron chi connectivity index (χ1n) is 4.87. The summed E-state index contributed by atoms with van der Waals surface area (Å²) in [6.07, 6.45) is -2.55. The minimum absolute atomic E-state index is 0.199. The number of carbonyl (C=O) groups excluding carboxylic acids is 1. The highest BCUT2D eigenvalue weighted by molar-refractivity contribution is 6.08. The minimum atomic E-state index is -4.39. The second-order valence-electron chi connectivity index (χ2n) is 3.50. The van der Waals surface area contributed by atoms with Gasteiger partial charge in [0.2, 0.25) is 0 Å². The van der Waals surface area contributed by atoms with Crippen LogP contribution in [0.4, 0.5) is 13.2 Å². The minimum Gasteiger partial charge on any atom is -0.289 e. The van der Waals surface area contributed by atoms with E-state index in [4.69, 9.17) is 0 Å². The van der Waals surface area contributed by atoms with Crippen molar-refractivity contribution >= 4 is 5.78 Å². The number of carbonyl (C=O) groups is 1. The molecule has 1 aromatic rings. The number of Topliss-reactive ketones (excluding diaryl/α,β-unsaturated/α-hetero) is 1. The Balaban J connectivity index is 2.92. The lowest BCUT2D eigenvalue weighted by Crippen LogP contribution is -2.06. The molecule has 4 heteroatoms. The van der Waals surface area contributed by atoms with Crippen LogP contribution >= 0.6 is 0 Å². The van der Waals surface area contributed by atoms with Crippen LogP contribution < -0.4 is 0 Å². The maximum Gasteiger partial charge on any atom is 0.416 e. The van der Waals surface area contributed by atoms with E-state index in [0.717, 1.165) is 24.3 Å². The average Bonchev–Trinajstić information content (AvgIpc) is 2.27. The third-order valence-electron chi connectivity index (χ3n) is 2.19. The standard InChI is InChI=1S/C13H11F3O/c1-3-4-9(2)12(17)10-5-7-11(8-6-10)13(14,15)16/h3,5-8H,1-2,4H2. The smallest absolute Gasteiger partial charge is 0.289 e. The first kappa shape index (κ1) is 13.2. The molecule has 0 heterocycles. The fourth-order valence-corrected chi connectivity index (χ4v) is 1.28. The molecule has 0 saturated carbocycles. The van der Waals surface area contributed by atoms with Crippen LogP contribution in [0.2, 0.25) is 0 Å². The lowest BCUT2D eigenvalue weighted by molar-refractivity contribution is -0.137. The van der Waals surface area contributed by atoms with Crippen molar-refractivity contribution in [3.05, 3.63) is 60.2 Å². The van der Waals surface area contributed by atoms with Crippen LogP contribution in [-0.4, -0.2) is 5.78 Å². The fraction of sp³-hybridized carbons (Fsp3) is 0.154. The molecule has 0 radical (unpaired) electrons. The number of alkyl halides is 3. The van der Waals surface area contributed by atoms with Crippen LogP contribution in [-0.2, 0) is 6.18 Å². The highest BCUT2D eigenvalue weighted by Gasteiger charge is 2.30. The lowest BCUT2D eigenvalue weighted by Gasteiger charge is -2.07. The van der Waals surface area contributed by atoms with E-state index < -0.39 is 11.7 Å². The number of allylic oxidation sites excluding steroid dienone is 2. The molecule has 90 valence electrons. The Labute approximate surface area is 97.3 Å². The molecule has 0 aromatic heterocycles. The SMILES string of the molecule is C=CCC(=C)C(=O)c1ccc(C(F)(F)F)cc1. The number of hydrogen-bond acceptors (Lipinski definition) is 1. The predicted octanol–water partition coefficient (Wildman–Crippen LogP) is 4.02. The molecule has 0 N–H and O–H groups in total. The Morgan fingerprint density at radius 1 is 1.24 bits per heavy atom. The Hall–Kier alpha value is -1.84. The Morgan fingerprint density at radius 2 is 1.76 bits per heavy atom. The highest BCUT2D eigenvalue weighted by Crippen LogP contribution is 2.29. The monoisotopic (exact) mass is 240 g/mol. The molecule has 0 bridgehead atoms. The van der Waals surface area contributed by atoms with Gasteiger partial charge in [-0.25, -0.2) is 0 Å². The molecule has 0 aliphatic rings. The fourth-order valence-electron chi connectivity index (χ4n) is 1.28. The van der Waals surface area contributed by atoms with Gasteiger partial charge in [-0.3, -0.25) is 4.79 Å². The summed E-state index contributed by atoms with van der Waals surface area (Å²) in [6, 6.07) is 4.07. The van der Waals surface area contributed by atoms with E-state index in [1.54, 1.807) is 0 Å². The third-order valence-corrected chi connectivity index (χ3v) is 2.19. The highest BCUT2D eigenvalue weighted by atomic mass is 19.4. The third kappa shape index (κ3) is 3.31. The summed E-state index contributed by atoms with van der Waals surface area (Å²) in [4.78, 5) is 11.7. The number of hydrogen-bond donors (Lipinski definition) is 0. The largest absolute Gasteiger partial charge is 0.416 e. The van der Waals surface area contributed by atoms with Crippen molar-refractivity contribution in [3.63, 3.8) is 0 Å². The van der Waals surface area contributed by atoms with E-state index in [1.165, 1.54) is 6.08 Å². The summed E-state index contributed by atoms with van der Waals surface area (Å²) >= 11 is 0. The van der Waals surface area contributed by atoms with E-state index in [0.29, 0.717) is 12.0 Å². The quantitative estimate of drug-likeness (QED) is 0.441. The van der Waals surface area contributed by atoms with E-state index in [9.17, 15) is 18.0 Å². The zero-order valence-electron chi connectivity index (χ0n) is 9.05. The van der Waals surface area contributed by atoms with Gasteiger partial charge >= 0.3 is 6.18 Å². The van der Waals surface area contributed by atoms with Gasteiger partial charge in [-0.2, -0.15) is 13.2 Å². The van der Waals surface area contributed by atoms with Crippen molar-refractivity contribution in [1.82, 2.24) is 0 Å². The van der Waals surface area contributed by atoms with Gasteiger partial charge in [0, 0.05) is 5.56 Å². The van der Waals surface area contributed by atoms with Gasteiger partial charge in [0.1, 0.15) is 0 Å². The molecular formula is C13H11F3O. The molecule has 0 aliphatic carbocycles. The summed E-state index contributed by atoms with van der Waals surface area (Å²) in [5.41, 5.74) is -0.270. The topological polar surface area (TPSA) is 17.1 Å². The van der Waals surface area contributed by atoms with Gasteiger partial charge in [0.05, 0.1) is 5.56 Å². The summed E-state index contributed by atoms with van der Waals surface area (Å²) in [5, 5.41) is 0. The van der Waals surface area contributed by atoms with Crippen LogP contribution in [0, 0.1) is 0 Å². The molecule has 17 heavy (non-hydrogen) atoms. The molecule has 1 aromatic carbocycles. The second-order valence-corrected chi connectivity index (χ2v) is 3.50. The van der Waals surface area contributed by atoms with Gasteiger partial charge in [-0.1, -0.05) is 24.8 Å². The van der Waals surface area contributed by atoms with Crippen molar-refractivity contribution in [2.24, 2.45) is 0 Å². The Kier molecular flexibility index (Phi) is 3.89. The molecule has 1 rings (SSSR count). The summed E-state index contributed by atoms with van der Waals surface area (Å²) < 4.78 is 36.9. The van der Waals surface area contributed by atoms with Gasteiger partial charge < -0.3 is 0 Å². The molecule has 0 atom stereocenters. The molecule has 0 spiro atoms. The number of benzene rings is 1. The van der Waals surface area contributed by atoms with Crippen molar-refractivity contribution in [2.45, 2.75) is 12.6 Å². The van der Waals surface area contributed by atoms with Crippen LogP contribution in [0.15, 0.2) is 49.1 Å². The zero-order chi connectivity index (χ0) is 13.1. The van der Waals surface area contributed by atoms with Crippen molar-refractivity contribution in [3.8, 4) is 0 Å². The molecule has 0 saturated heterocycles. The molecule has 0 fully saturated rings.